The zero-order valence-electron chi connectivity index (χ0n) is 15.1. The summed E-state index contributed by atoms with van der Waals surface area (Å²) in [6.07, 6.45) is 0.554. The second-order valence-electron chi connectivity index (χ2n) is 5.96. The van der Waals surface area contributed by atoms with Crippen LogP contribution < -0.4 is 9.46 Å². The third kappa shape index (κ3) is 4.09. The topological polar surface area (TPSA) is 81.4 Å². The van der Waals surface area contributed by atoms with Gasteiger partial charge in [-0.05, 0) is 43.2 Å². The molecule has 0 aliphatic heterocycles. The van der Waals surface area contributed by atoms with Gasteiger partial charge in [0.25, 0.3) is 10.0 Å². The van der Waals surface area contributed by atoms with Gasteiger partial charge in [0.1, 0.15) is 5.75 Å². The number of sulfonamides is 1. The number of ether oxygens (including phenoxy) is 1. The average molecular weight is 407 g/mol. The fourth-order valence-electron chi connectivity index (χ4n) is 2.71. The van der Waals surface area contributed by atoms with Gasteiger partial charge in [-0.3, -0.25) is 4.72 Å². The normalized spacial score (nSPS) is 11.4. The highest BCUT2D eigenvalue weighted by Crippen LogP contribution is 2.32. The van der Waals surface area contributed by atoms with Gasteiger partial charge in [-0.25, -0.2) is 8.42 Å². The quantitative estimate of drug-likeness (QED) is 0.643. The minimum atomic E-state index is -3.88. The Hall–Kier alpha value is -2.51. The molecule has 27 heavy (non-hydrogen) atoms. The molecule has 0 spiro atoms. The molecule has 1 aromatic heterocycles. The lowest BCUT2D eigenvalue weighted by molar-refractivity contribution is 0.417. The van der Waals surface area contributed by atoms with Gasteiger partial charge < -0.3 is 9.26 Å². The molecule has 3 rings (SSSR count). The Bertz CT molecular complexity index is 1080. The first-order valence-corrected chi connectivity index (χ1v) is 10.1. The van der Waals surface area contributed by atoms with Gasteiger partial charge in [0.05, 0.1) is 23.4 Å². The fraction of sp³-hybridized carbons (Fsp3) is 0.211. The highest BCUT2D eigenvalue weighted by atomic mass is 35.5. The first kappa shape index (κ1) is 19.3. The summed E-state index contributed by atoms with van der Waals surface area (Å²) in [6, 6.07) is 11.7. The van der Waals surface area contributed by atoms with Crippen LogP contribution in [-0.2, 0) is 16.4 Å². The first-order chi connectivity index (χ1) is 12.8. The second kappa shape index (κ2) is 7.62. The third-order valence-corrected chi connectivity index (χ3v) is 5.74. The van der Waals surface area contributed by atoms with E-state index < -0.39 is 10.0 Å². The van der Waals surface area contributed by atoms with Crippen molar-refractivity contribution < 1.29 is 17.7 Å². The Morgan fingerprint density at radius 1 is 1.19 bits per heavy atom. The summed E-state index contributed by atoms with van der Waals surface area (Å²) in [4.78, 5) is 0.165. The van der Waals surface area contributed by atoms with Gasteiger partial charge >= 0.3 is 0 Å². The van der Waals surface area contributed by atoms with Crippen LogP contribution in [0.2, 0.25) is 5.02 Å². The van der Waals surface area contributed by atoms with Crippen LogP contribution in [0.3, 0.4) is 0 Å². The van der Waals surface area contributed by atoms with Gasteiger partial charge in [0.2, 0.25) is 0 Å². The minimum absolute atomic E-state index is 0.165. The Kier molecular flexibility index (Phi) is 5.43. The van der Waals surface area contributed by atoms with Gasteiger partial charge in [-0.15, -0.1) is 0 Å². The van der Waals surface area contributed by atoms with E-state index in [4.69, 9.17) is 20.9 Å². The van der Waals surface area contributed by atoms with Crippen LogP contribution in [0.5, 0.6) is 5.75 Å². The van der Waals surface area contributed by atoms with Gasteiger partial charge in [-0.2, -0.15) is 0 Å². The number of methoxy groups -OCH3 is 1. The Balaban J connectivity index is 2.07. The highest BCUT2D eigenvalue weighted by Gasteiger charge is 2.21. The maximum Gasteiger partial charge on any atom is 0.262 e. The number of anilines is 1. The molecule has 0 amide bonds. The SMILES string of the molecule is CCc1ccc(-c2cc(C)no2)cc1S(=O)(=O)Nc1cc(Cl)ccc1OC. The molecule has 0 atom stereocenters. The molecule has 0 saturated heterocycles. The van der Waals surface area contributed by atoms with Crippen molar-refractivity contribution in [3.05, 3.63) is 58.7 Å². The maximum absolute atomic E-state index is 13.1. The number of benzene rings is 2. The van der Waals surface area contributed by atoms with E-state index in [1.807, 2.05) is 13.0 Å². The van der Waals surface area contributed by atoms with Crippen molar-refractivity contribution in [1.29, 1.82) is 0 Å². The van der Waals surface area contributed by atoms with E-state index in [0.29, 0.717) is 34.1 Å². The van der Waals surface area contributed by atoms with E-state index in [2.05, 4.69) is 9.88 Å². The van der Waals surface area contributed by atoms with Crippen LogP contribution in [0.15, 0.2) is 51.9 Å². The molecule has 142 valence electrons. The van der Waals surface area contributed by atoms with E-state index in [1.54, 1.807) is 37.3 Å². The van der Waals surface area contributed by atoms with Gasteiger partial charge in [0, 0.05) is 16.7 Å². The summed E-state index contributed by atoms with van der Waals surface area (Å²) in [5.74, 6) is 0.884. The number of halogens is 1. The van der Waals surface area contributed by atoms with Gasteiger partial charge in [0.15, 0.2) is 5.76 Å². The van der Waals surface area contributed by atoms with Crippen molar-refractivity contribution in [3.63, 3.8) is 0 Å². The largest absolute Gasteiger partial charge is 0.495 e. The number of hydrogen-bond acceptors (Lipinski definition) is 5. The summed E-state index contributed by atoms with van der Waals surface area (Å²) in [5.41, 5.74) is 2.30. The molecule has 0 aliphatic rings. The average Bonchev–Trinajstić information content (AvgIpc) is 3.07. The van der Waals surface area contributed by atoms with E-state index >= 15 is 0 Å². The van der Waals surface area contributed by atoms with Crippen LogP contribution in [0.1, 0.15) is 18.2 Å². The van der Waals surface area contributed by atoms with Crippen LogP contribution in [0.4, 0.5) is 5.69 Å². The molecule has 1 heterocycles. The smallest absolute Gasteiger partial charge is 0.262 e. The van der Waals surface area contributed by atoms with Crippen LogP contribution in [0, 0.1) is 6.92 Å². The summed E-state index contributed by atoms with van der Waals surface area (Å²) in [6.45, 7) is 3.70. The first-order valence-electron chi connectivity index (χ1n) is 8.27. The molecule has 0 unspecified atom stereocenters. The Morgan fingerprint density at radius 2 is 1.96 bits per heavy atom. The molecule has 0 bridgehead atoms. The summed E-state index contributed by atoms with van der Waals surface area (Å²) in [5, 5.41) is 4.25. The fourth-order valence-corrected chi connectivity index (χ4v) is 4.28. The number of nitrogens with zero attached hydrogens (tertiary/aromatic N) is 1. The lowest BCUT2D eigenvalue weighted by Gasteiger charge is -2.15. The summed E-state index contributed by atoms with van der Waals surface area (Å²) >= 11 is 6.01. The second-order valence-corrected chi connectivity index (χ2v) is 8.05. The molecular formula is C19H19ClN2O4S. The molecular weight excluding hydrogens is 388 g/mol. The monoisotopic (exact) mass is 406 g/mol. The van der Waals surface area contributed by atoms with Crippen molar-refractivity contribution in [2.24, 2.45) is 0 Å². The van der Waals surface area contributed by atoms with E-state index in [-0.39, 0.29) is 10.6 Å². The van der Waals surface area contributed by atoms with Crippen LogP contribution in [-0.4, -0.2) is 20.7 Å². The number of nitrogens with one attached hydrogen (secondary N) is 1. The third-order valence-electron chi connectivity index (χ3n) is 4.06. The molecule has 0 aliphatic carbocycles. The molecule has 0 saturated carbocycles. The lowest BCUT2D eigenvalue weighted by atomic mass is 10.1. The zero-order valence-corrected chi connectivity index (χ0v) is 16.7. The van der Waals surface area contributed by atoms with Crippen molar-refractivity contribution in [2.45, 2.75) is 25.2 Å². The lowest BCUT2D eigenvalue weighted by Crippen LogP contribution is -2.15. The Morgan fingerprint density at radius 3 is 2.59 bits per heavy atom. The maximum atomic E-state index is 13.1. The zero-order chi connectivity index (χ0) is 19.6. The van der Waals surface area contributed by atoms with Crippen LogP contribution >= 0.6 is 11.6 Å². The summed E-state index contributed by atoms with van der Waals surface area (Å²) < 4.78 is 39.2. The Labute approximate surface area is 163 Å². The van der Waals surface area contributed by atoms with E-state index in [9.17, 15) is 8.42 Å². The van der Waals surface area contributed by atoms with Crippen molar-refractivity contribution in [1.82, 2.24) is 5.16 Å². The van der Waals surface area contributed by atoms with E-state index in [0.717, 1.165) is 5.69 Å². The number of hydrogen-bond donors (Lipinski definition) is 1. The molecule has 1 N–H and O–H groups in total. The molecule has 3 aromatic rings. The van der Waals surface area contributed by atoms with E-state index in [1.165, 1.54) is 13.2 Å². The number of rotatable bonds is 6. The predicted octanol–water partition coefficient (Wildman–Crippen LogP) is 4.68. The molecule has 0 radical (unpaired) electrons. The van der Waals surface area contributed by atoms with Crippen LogP contribution in [0.25, 0.3) is 11.3 Å². The van der Waals surface area contributed by atoms with Crippen molar-refractivity contribution in [2.75, 3.05) is 11.8 Å². The standard InChI is InChI=1S/C19H19ClN2O4S/c1-4-13-5-6-14(18-9-12(2)21-26-18)10-19(13)27(23,24)22-16-11-15(20)7-8-17(16)25-3/h5-11,22H,4H2,1-3H3. The number of aromatic nitrogens is 1. The molecule has 8 heteroatoms. The molecule has 2 aromatic carbocycles. The van der Waals surface area contributed by atoms with Gasteiger partial charge in [-0.1, -0.05) is 35.8 Å². The summed E-state index contributed by atoms with van der Waals surface area (Å²) in [7, 11) is -2.42. The molecule has 6 nitrogen and oxygen atoms in total. The van der Waals surface area contributed by atoms with Crippen molar-refractivity contribution >= 4 is 27.3 Å². The number of aryl methyl sites for hydroxylation is 2. The highest BCUT2D eigenvalue weighted by molar-refractivity contribution is 7.92. The minimum Gasteiger partial charge on any atom is -0.495 e. The molecule has 0 fully saturated rings. The predicted molar refractivity (Wildman–Crippen MR) is 105 cm³/mol. The van der Waals surface area contributed by atoms with Crippen molar-refractivity contribution in [3.8, 4) is 17.1 Å².